The van der Waals surface area contributed by atoms with Gasteiger partial charge in [0.1, 0.15) is 23.0 Å². The van der Waals surface area contributed by atoms with E-state index in [0.29, 0.717) is 22.3 Å². The number of para-hydroxylation sites is 1. The number of hydrogen-bond acceptors (Lipinski definition) is 5. The van der Waals surface area contributed by atoms with Gasteiger partial charge < -0.3 is 19.2 Å². The largest absolute Gasteiger partial charge is 0.497 e. The molecule has 0 bridgehead atoms. The summed E-state index contributed by atoms with van der Waals surface area (Å²) in [5, 5.41) is 1.29. The summed E-state index contributed by atoms with van der Waals surface area (Å²) in [5.74, 6) is 0.507. The Kier molecular flexibility index (Phi) is 8.39. The Hall–Kier alpha value is -4.18. The molecular weight excluding hydrogens is 558 g/mol. The number of carbonyl (C=O) groups excluding carboxylic acids is 1. The van der Waals surface area contributed by atoms with Crippen molar-refractivity contribution in [1.29, 1.82) is 0 Å². The number of fused-ring (bicyclic) bond motifs is 2. The van der Waals surface area contributed by atoms with Gasteiger partial charge >= 0.3 is 12.1 Å². The van der Waals surface area contributed by atoms with Crippen LogP contribution in [0.5, 0.6) is 11.5 Å². The Morgan fingerprint density at radius 2 is 1.71 bits per heavy atom. The zero-order valence-electron chi connectivity index (χ0n) is 21.9. The first-order valence-electron chi connectivity index (χ1n) is 12.7. The number of aromatic nitrogens is 1. The minimum Gasteiger partial charge on any atom is -0.497 e. The van der Waals surface area contributed by atoms with Crippen molar-refractivity contribution in [3.63, 3.8) is 0 Å². The topological polar surface area (TPSA) is 60.6 Å². The lowest BCUT2D eigenvalue weighted by Crippen LogP contribution is -2.15. The second kappa shape index (κ2) is 12.1. The van der Waals surface area contributed by atoms with Gasteiger partial charge in [0.15, 0.2) is 0 Å². The van der Waals surface area contributed by atoms with Gasteiger partial charge in [0.05, 0.1) is 25.9 Å². The smallest absolute Gasteiger partial charge is 0.419 e. The fraction of sp³-hybridized carbons (Fsp3) is 0.194. The molecule has 5 aromatic rings. The lowest BCUT2D eigenvalue weighted by Gasteiger charge is -2.13. The van der Waals surface area contributed by atoms with E-state index in [1.165, 1.54) is 30.3 Å². The van der Waals surface area contributed by atoms with Gasteiger partial charge in [0.2, 0.25) is 0 Å². The zero-order valence-corrected chi connectivity index (χ0v) is 22.7. The van der Waals surface area contributed by atoms with Crippen molar-refractivity contribution < 1.29 is 36.6 Å². The number of aromatic amines is 1. The van der Waals surface area contributed by atoms with Crippen molar-refractivity contribution in [2.75, 3.05) is 20.3 Å². The van der Waals surface area contributed by atoms with Crippen molar-refractivity contribution in [1.82, 2.24) is 4.98 Å². The van der Waals surface area contributed by atoms with E-state index >= 15 is 0 Å². The molecule has 0 fully saturated rings. The summed E-state index contributed by atoms with van der Waals surface area (Å²) in [6.07, 6.45) is -4.49. The number of nitrogens with one attached hydrogen (secondary N) is 1. The highest BCUT2D eigenvalue weighted by atomic mass is 32.2. The molecule has 1 N–H and O–H groups in total. The molecule has 4 aromatic carbocycles. The maximum absolute atomic E-state index is 14.0. The lowest BCUT2D eigenvalue weighted by molar-refractivity contribution is -0.136. The molecule has 41 heavy (non-hydrogen) atoms. The van der Waals surface area contributed by atoms with Crippen LogP contribution < -0.4 is 9.47 Å². The molecule has 0 saturated carbocycles. The first-order valence-corrected chi connectivity index (χ1v) is 13.7. The van der Waals surface area contributed by atoms with Crippen LogP contribution in [0.25, 0.3) is 21.7 Å². The van der Waals surface area contributed by atoms with E-state index in [0.717, 1.165) is 16.2 Å². The average Bonchev–Trinajstić information content (AvgIpc) is 3.36. The van der Waals surface area contributed by atoms with Gasteiger partial charge in [-0.1, -0.05) is 30.3 Å². The van der Waals surface area contributed by atoms with Crippen molar-refractivity contribution in [3.8, 4) is 11.5 Å². The first-order chi connectivity index (χ1) is 19.7. The van der Waals surface area contributed by atoms with Crippen LogP contribution in [-0.4, -0.2) is 31.3 Å². The molecule has 1 aromatic heterocycles. The van der Waals surface area contributed by atoms with Crippen molar-refractivity contribution >= 4 is 39.4 Å². The molecule has 0 unspecified atom stereocenters. The predicted molar refractivity (Wildman–Crippen MR) is 150 cm³/mol. The van der Waals surface area contributed by atoms with E-state index in [9.17, 15) is 22.4 Å². The summed E-state index contributed by atoms with van der Waals surface area (Å²) >= 11 is 1.56. The third-order valence-corrected chi connectivity index (χ3v) is 7.43. The summed E-state index contributed by atoms with van der Waals surface area (Å²) in [6.45, 7) is -0.0187. The second-order valence-corrected chi connectivity index (χ2v) is 10.2. The summed E-state index contributed by atoms with van der Waals surface area (Å²) < 4.78 is 71.4. The van der Waals surface area contributed by atoms with Crippen molar-refractivity contribution in [3.05, 3.63) is 102 Å². The van der Waals surface area contributed by atoms with Gasteiger partial charge in [-0.2, -0.15) is 13.2 Å². The number of alkyl halides is 3. The molecule has 0 aliphatic rings. The summed E-state index contributed by atoms with van der Waals surface area (Å²) in [4.78, 5) is 16.0. The number of esters is 1. The third kappa shape index (κ3) is 6.59. The molecule has 1 heterocycles. The molecular formula is C31H25F4NO4S. The van der Waals surface area contributed by atoms with Gasteiger partial charge in [-0.3, -0.25) is 0 Å². The molecule has 212 valence electrons. The minimum atomic E-state index is -4.73. The quantitative estimate of drug-likeness (QED) is 0.0774. The highest BCUT2D eigenvalue weighted by molar-refractivity contribution is 7.98. The number of rotatable bonds is 10. The number of methoxy groups -OCH3 is 1. The Labute approximate surface area is 237 Å². The van der Waals surface area contributed by atoms with Crippen LogP contribution in [-0.2, 0) is 16.7 Å². The molecule has 0 saturated heterocycles. The van der Waals surface area contributed by atoms with Gasteiger partial charge in [-0.05, 0) is 59.5 Å². The van der Waals surface area contributed by atoms with Crippen LogP contribution in [0.3, 0.4) is 0 Å². The summed E-state index contributed by atoms with van der Waals surface area (Å²) in [5.41, 5.74) is -0.391. The first kappa shape index (κ1) is 28.4. The van der Waals surface area contributed by atoms with Crippen LogP contribution in [0, 0.1) is 5.82 Å². The van der Waals surface area contributed by atoms with Crippen molar-refractivity contribution in [2.45, 2.75) is 23.2 Å². The predicted octanol–water partition coefficient (Wildman–Crippen LogP) is 8.41. The van der Waals surface area contributed by atoms with Crippen LogP contribution in [0.15, 0.2) is 83.8 Å². The number of ether oxygens (including phenoxy) is 3. The third-order valence-electron chi connectivity index (χ3n) is 6.39. The van der Waals surface area contributed by atoms with E-state index in [2.05, 4.69) is 4.98 Å². The normalized spacial score (nSPS) is 11.6. The number of carbonyl (C=O) groups is 1. The van der Waals surface area contributed by atoms with Crippen molar-refractivity contribution in [2.24, 2.45) is 0 Å². The highest BCUT2D eigenvalue weighted by Crippen LogP contribution is 2.38. The van der Waals surface area contributed by atoms with E-state index in [-0.39, 0.29) is 36.4 Å². The Balaban J connectivity index is 1.23. The molecule has 5 nitrogen and oxygen atoms in total. The van der Waals surface area contributed by atoms with Crippen LogP contribution >= 0.6 is 11.8 Å². The molecule has 10 heteroatoms. The van der Waals surface area contributed by atoms with E-state index in [1.807, 2.05) is 36.4 Å². The molecule has 0 aliphatic heterocycles. The second-order valence-electron chi connectivity index (χ2n) is 9.18. The number of benzene rings is 4. The molecule has 0 aliphatic carbocycles. The Bertz CT molecular complexity index is 1680. The van der Waals surface area contributed by atoms with Crippen LogP contribution in [0.2, 0.25) is 0 Å². The number of halogens is 4. The van der Waals surface area contributed by atoms with E-state index < -0.39 is 23.4 Å². The van der Waals surface area contributed by atoms with Gasteiger partial charge in [-0.25, -0.2) is 9.18 Å². The molecule has 0 atom stereocenters. The molecule has 5 rings (SSSR count). The minimum absolute atomic E-state index is 0.0941. The molecule has 0 radical (unpaired) electrons. The highest BCUT2D eigenvalue weighted by Gasteiger charge is 2.39. The summed E-state index contributed by atoms with van der Waals surface area (Å²) in [6, 6.07) is 21.7. The summed E-state index contributed by atoms with van der Waals surface area (Å²) in [7, 11) is 1.61. The number of hydrogen-bond donors (Lipinski definition) is 1. The SMILES string of the molecule is COc1ccc(CSc2cc(OCCCOC(=O)c3[nH]c4ccccc4c3C(F)(F)F)c3ccc(F)cc3c2)cc1. The average molecular weight is 584 g/mol. The molecule has 0 spiro atoms. The van der Waals surface area contributed by atoms with Crippen LogP contribution in [0.1, 0.15) is 28.0 Å². The Morgan fingerprint density at radius 3 is 2.46 bits per heavy atom. The van der Waals surface area contributed by atoms with Crippen LogP contribution in [0.4, 0.5) is 17.6 Å². The Morgan fingerprint density at radius 1 is 0.927 bits per heavy atom. The van der Waals surface area contributed by atoms with Gasteiger partial charge in [0.25, 0.3) is 0 Å². The molecule has 0 amide bonds. The maximum Gasteiger partial charge on any atom is 0.419 e. The number of thioether (sulfide) groups is 1. The number of H-pyrrole nitrogens is 1. The van der Waals surface area contributed by atoms with E-state index in [1.54, 1.807) is 31.0 Å². The standard InChI is InChI=1S/C31H25F4NO4S/c1-38-22-10-7-19(8-11-22)18-41-23-16-20-15-21(32)9-12-24(20)27(17-23)39-13-4-14-40-30(37)29-28(31(33,34)35)25-5-2-3-6-26(25)36-29/h2-3,5-12,15-17,36H,4,13-14,18H2,1H3. The maximum atomic E-state index is 14.0. The monoisotopic (exact) mass is 583 g/mol. The fourth-order valence-electron chi connectivity index (χ4n) is 4.44. The van der Waals surface area contributed by atoms with Gasteiger partial charge in [0, 0.05) is 33.4 Å². The van der Waals surface area contributed by atoms with Gasteiger partial charge in [-0.15, -0.1) is 11.8 Å². The lowest BCUT2D eigenvalue weighted by atomic mass is 10.1. The fourth-order valence-corrected chi connectivity index (χ4v) is 5.36. The zero-order chi connectivity index (χ0) is 29.0. The van der Waals surface area contributed by atoms with E-state index in [4.69, 9.17) is 14.2 Å².